The van der Waals surface area contributed by atoms with Crippen molar-refractivity contribution in [2.75, 3.05) is 39.8 Å². The average Bonchev–Trinajstić information content (AvgIpc) is 2.57. The molecule has 0 N–H and O–H groups in total. The van der Waals surface area contributed by atoms with E-state index in [1.54, 1.807) is 5.56 Å². The van der Waals surface area contributed by atoms with E-state index in [4.69, 9.17) is 0 Å². The second-order valence-corrected chi connectivity index (χ2v) is 8.73. The molecule has 0 amide bonds. The van der Waals surface area contributed by atoms with E-state index in [2.05, 4.69) is 61.6 Å². The first-order valence-corrected chi connectivity index (χ1v) is 10.2. The van der Waals surface area contributed by atoms with Gasteiger partial charge in [0, 0.05) is 38.8 Å². The van der Waals surface area contributed by atoms with E-state index in [1.165, 1.54) is 62.3 Å². The summed E-state index contributed by atoms with van der Waals surface area (Å²) in [6, 6.07) is 5.50. The molecule has 0 bridgehead atoms. The van der Waals surface area contributed by atoms with E-state index in [0.29, 0.717) is 6.04 Å². The van der Waals surface area contributed by atoms with Crippen LogP contribution in [0.1, 0.15) is 48.9 Å². The molecule has 2 aliphatic rings. The Bertz CT molecular complexity index is 575. The fourth-order valence-corrected chi connectivity index (χ4v) is 4.31. The monoisotopic (exact) mass is 343 g/mol. The molecule has 140 valence electrons. The van der Waals surface area contributed by atoms with Gasteiger partial charge in [0.25, 0.3) is 0 Å². The second-order valence-electron chi connectivity index (χ2n) is 8.73. The second kappa shape index (κ2) is 8.20. The Morgan fingerprint density at radius 1 is 0.880 bits per heavy atom. The maximum Gasteiger partial charge on any atom is 0.0237 e. The Kier molecular flexibility index (Phi) is 6.19. The zero-order valence-corrected chi connectivity index (χ0v) is 17.0. The van der Waals surface area contributed by atoms with Gasteiger partial charge in [-0.2, -0.15) is 0 Å². The summed E-state index contributed by atoms with van der Waals surface area (Å²) in [5.41, 5.74) is 6.03. The minimum Gasteiger partial charge on any atom is -0.301 e. The maximum absolute atomic E-state index is 2.66. The number of hydrogen-bond donors (Lipinski definition) is 0. The molecule has 3 rings (SSSR count). The van der Waals surface area contributed by atoms with Gasteiger partial charge in [0.05, 0.1) is 0 Å². The summed E-state index contributed by atoms with van der Waals surface area (Å²) in [6.07, 6.45) is 2.72. The maximum atomic E-state index is 2.66. The molecular weight excluding hydrogens is 306 g/mol. The average molecular weight is 344 g/mol. The number of nitrogens with zero attached hydrogens (tertiary/aromatic N) is 3. The van der Waals surface area contributed by atoms with E-state index < -0.39 is 0 Å². The molecular formula is C22H37N3. The molecule has 0 unspecified atom stereocenters. The lowest BCUT2D eigenvalue weighted by molar-refractivity contribution is 0.0998. The molecule has 3 heteroatoms. The summed E-state index contributed by atoms with van der Waals surface area (Å²) in [5.74, 6) is 0.907. The van der Waals surface area contributed by atoms with Crippen molar-refractivity contribution in [1.29, 1.82) is 0 Å². The van der Waals surface area contributed by atoms with Crippen molar-refractivity contribution in [3.63, 3.8) is 0 Å². The minimum atomic E-state index is 0.661. The number of likely N-dealkylation sites (N-methyl/N-ethyl adjacent to an activating group) is 1. The summed E-state index contributed by atoms with van der Waals surface area (Å²) >= 11 is 0. The Morgan fingerprint density at radius 2 is 1.48 bits per heavy atom. The van der Waals surface area contributed by atoms with E-state index in [9.17, 15) is 0 Å². The van der Waals surface area contributed by atoms with Crippen LogP contribution in [0, 0.1) is 19.8 Å². The molecule has 1 atom stereocenters. The van der Waals surface area contributed by atoms with Crippen LogP contribution in [0.3, 0.4) is 0 Å². The molecule has 3 nitrogen and oxygen atoms in total. The first-order chi connectivity index (χ1) is 11.9. The van der Waals surface area contributed by atoms with Gasteiger partial charge >= 0.3 is 0 Å². The van der Waals surface area contributed by atoms with Crippen LogP contribution in [0.15, 0.2) is 12.1 Å². The van der Waals surface area contributed by atoms with Gasteiger partial charge in [-0.3, -0.25) is 9.80 Å². The number of aryl methyl sites for hydroxylation is 1. The highest BCUT2D eigenvalue weighted by atomic mass is 15.3. The van der Waals surface area contributed by atoms with Gasteiger partial charge in [-0.1, -0.05) is 24.6 Å². The van der Waals surface area contributed by atoms with Crippen molar-refractivity contribution in [3.8, 4) is 0 Å². The van der Waals surface area contributed by atoms with Gasteiger partial charge in [-0.25, -0.2) is 0 Å². The van der Waals surface area contributed by atoms with Crippen molar-refractivity contribution >= 4 is 0 Å². The third kappa shape index (κ3) is 4.84. The predicted octanol–water partition coefficient (Wildman–Crippen LogP) is 3.67. The van der Waals surface area contributed by atoms with E-state index in [-0.39, 0.29) is 0 Å². The van der Waals surface area contributed by atoms with Crippen LogP contribution in [-0.2, 0) is 13.1 Å². The number of piperazine rings is 1. The molecule has 1 aromatic rings. The van der Waals surface area contributed by atoms with Gasteiger partial charge in [0.15, 0.2) is 0 Å². The largest absolute Gasteiger partial charge is 0.301 e. The molecule has 0 saturated carbocycles. The Hall–Kier alpha value is -0.900. The molecule has 25 heavy (non-hydrogen) atoms. The van der Waals surface area contributed by atoms with Crippen molar-refractivity contribution in [1.82, 2.24) is 14.7 Å². The van der Waals surface area contributed by atoms with E-state index in [1.807, 2.05) is 0 Å². The zero-order valence-electron chi connectivity index (χ0n) is 17.0. The standard InChI is InChI=1S/C22H37N3/c1-17-6-8-24(9-7-17)15-21-12-18(2)13-22(20(21)4)16-25-11-10-23(5)19(3)14-25/h12-13,17,19H,6-11,14-16H2,1-5H3/t19-/m0/s1. The van der Waals surface area contributed by atoms with E-state index >= 15 is 0 Å². The van der Waals surface area contributed by atoms with Gasteiger partial charge in [-0.05, 0) is 76.4 Å². The third-order valence-corrected chi connectivity index (χ3v) is 6.48. The predicted molar refractivity (Wildman–Crippen MR) is 107 cm³/mol. The molecule has 0 spiro atoms. The molecule has 2 fully saturated rings. The fourth-order valence-electron chi connectivity index (χ4n) is 4.31. The molecule has 1 aromatic carbocycles. The van der Waals surface area contributed by atoms with Crippen LogP contribution in [-0.4, -0.2) is 60.5 Å². The van der Waals surface area contributed by atoms with Crippen molar-refractivity contribution in [2.24, 2.45) is 5.92 Å². The zero-order chi connectivity index (χ0) is 18.0. The lowest BCUT2D eigenvalue weighted by Gasteiger charge is -2.38. The Labute approximate surface area is 155 Å². The van der Waals surface area contributed by atoms with Gasteiger partial charge in [0.1, 0.15) is 0 Å². The Morgan fingerprint density at radius 3 is 2.08 bits per heavy atom. The summed E-state index contributed by atoms with van der Waals surface area (Å²) < 4.78 is 0. The lowest BCUT2D eigenvalue weighted by atomic mass is 9.95. The van der Waals surface area contributed by atoms with E-state index in [0.717, 1.165) is 19.0 Å². The highest BCUT2D eigenvalue weighted by Crippen LogP contribution is 2.24. The number of piperidine rings is 1. The van der Waals surface area contributed by atoms with Crippen LogP contribution in [0.25, 0.3) is 0 Å². The van der Waals surface area contributed by atoms with Crippen LogP contribution in [0.4, 0.5) is 0 Å². The lowest BCUT2D eigenvalue weighted by Crippen LogP contribution is -2.49. The highest BCUT2D eigenvalue weighted by molar-refractivity contribution is 5.38. The van der Waals surface area contributed by atoms with Crippen molar-refractivity contribution < 1.29 is 0 Å². The fraction of sp³-hybridized carbons (Fsp3) is 0.727. The number of benzene rings is 1. The molecule has 0 aliphatic carbocycles. The first kappa shape index (κ1) is 18.9. The van der Waals surface area contributed by atoms with Crippen LogP contribution < -0.4 is 0 Å². The Balaban J connectivity index is 1.69. The summed E-state index contributed by atoms with van der Waals surface area (Å²) in [4.78, 5) is 7.77. The topological polar surface area (TPSA) is 9.72 Å². The third-order valence-electron chi connectivity index (χ3n) is 6.48. The molecule has 2 heterocycles. The number of likely N-dealkylation sites (tertiary alicyclic amines) is 1. The molecule has 2 saturated heterocycles. The SMILES string of the molecule is Cc1cc(CN2CCC(C)CC2)c(C)c(CN2CCN(C)[C@@H](C)C2)c1. The number of hydrogen-bond acceptors (Lipinski definition) is 3. The normalized spacial score (nSPS) is 24.8. The van der Waals surface area contributed by atoms with Crippen molar-refractivity contribution in [3.05, 3.63) is 34.4 Å². The summed E-state index contributed by atoms with van der Waals surface area (Å²) in [5, 5.41) is 0. The van der Waals surface area contributed by atoms with Crippen LogP contribution in [0.5, 0.6) is 0 Å². The molecule has 0 radical (unpaired) electrons. The van der Waals surface area contributed by atoms with Crippen LogP contribution in [0.2, 0.25) is 0 Å². The van der Waals surface area contributed by atoms with Crippen LogP contribution >= 0.6 is 0 Å². The van der Waals surface area contributed by atoms with Gasteiger partial charge in [-0.15, -0.1) is 0 Å². The highest BCUT2D eigenvalue weighted by Gasteiger charge is 2.22. The van der Waals surface area contributed by atoms with Gasteiger partial charge in [0.2, 0.25) is 0 Å². The van der Waals surface area contributed by atoms with Gasteiger partial charge < -0.3 is 4.90 Å². The minimum absolute atomic E-state index is 0.661. The smallest absolute Gasteiger partial charge is 0.0237 e. The summed E-state index contributed by atoms with van der Waals surface area (Å²) in [7, 11) is 2.25. The quantitative estimate of drug-likeness (QED) is 0.826. The number of rotatable bonds is 4. The first-order valence-electron chi connectivity index (χ1n) is 10.2. The summed E-state index contributed by atoms with van der Waals surface area (Å²) in [6.45, 7) is 17.7. The molecule has 2 aliphatic heterocycles. The van der Waals surface area contributed by atoms with Crippen molar-refractivity contribution in [2.45, 2.75) is 59.7 Å². The molecule has 0 aromatic heterocycles.